The number of hydrogen-bond donors (Lipinski definition) is 1. The maximum Gasteiger partial charge on any atom is 0.271 e. The summed E-state index contributed by atoms with van der Waals surface area (Å²) < 4.78 is 5.75. The number of nitrogens with zero attached hydrogens (tertiary/aromatic N) is 1. The van der Waals surface area contributed by atoms with Gasteiger partial charge in [-0.2, -0.15) is 0 Å². The number of rotatable bonds is 3. The molecule has 5 nitrogen and oxygen atoms in total. The molecular weight excluding hydrogens is 375 g/mol. The van der Waals surface area contributed by atoms with E-state index in [2.05, 4.69) is 5.32 Å². The normalized spacial score (nSPS) is 15.3. The van der Waals surface area contributed by atoms with Gasteiger partial charge in [0.05, 0.1) is 5.69 Å². The van der Waals surface area contributed by atoms with Crippen molar-refractivity contribution >= 4 is 46.4 Å². The third kappa shape index (κ3) is 3.50. The van der Waals surface area contributed by atoms with Crippen molar-refractivity contribution in [3.8, 4) is 5.75 Å². The van der Waals surface area contributed by atoms with E-state index in [-0.39, 0.29) is 18.4 Å². The molecule has 0 aromatic heterocycles. The van der Waals surface area contributed by atoms with Gasteiger partial charge in [0.1, 0.15) is 12.3 Å². The topological polar surface area (TPSA) is 58.6 Å². The quantitative estimate of drug-likeness (QED) is 0.839. The van der Waals surface area contributed by atoms with Gasteiger partial charge in [-0.05, 0) is 56.7 Å². The number of ether oxygens (including phenoxy) is 1. The van der Waals surface area contributed by atoms with Crippen LogP contribution in [-0.4, -0.2) is 24.0 Å². The Morgan fingerprint density at radius 2 is 1.96 bits per heavy atom. The van der Waals surface area contributed by atoms with Gasteiger partial charge in [-0.25, -0.2) is 0 Å². The number of carbonyl (C=O) groups excluding carboxylic acids is 2. The van der Waals surface area contributed by atoms with Crippen LogP contribution in [0.3, 0.4) is 0 Å². The van der Waals surface area contributed by atoms with E-state index in [1.807, 2.05) is 6.92 Å². The van der Waals surface area contributed by atoms with Gasteiger partial charge in [0.25, 0.3) is 5.91 Å². The fraction of sp³-hybridized carbons (Fsp3) is 0.263. The van der Waals surface area contributed by atoms with E-state index < -0.39 is 5.60 Å². The molecule has 0 spiro atoms. The molecule has 136 valence electrons. The minimum atomic E-state index is -1.08. The number of carbonyl (C=O) groups is 2. The van der Waals surface area contributed by atoms with Crippen LogP contribution < -0.4 is 15.0 Å². The molecular formula is C19H18Cl2N2O3. The molecule has 0 radical (unpaired) electrons. The number of anilines is 2. The van der Waals surface area contributed by atoms with Crippen molar-refractivity contribution in [1.82, 2.24) is 0 Å². The second kappa shape index (κ2) is 6.82. The molecule has 1 aliphatic rings. The zero-order valence-electron chi connectivity index (χ0n) is 14.6. The van der Waals surface area contributed by atoms with Crippen LogP contribution in [0.5, 0.6) is 5.75 Å². The van der Waals surface area contributed by atoms with Crippen LogP contribution in [-0.2, 0) is 9.59 Å². The zero-order valence-corrected chi connectivity index (χ0v) is 16.1. The van der Waals surface area contributed by atoms with Gasteiger partial charge < -0.3 is 10.1 Å². The SMILES string of the molecule is Cc1c(Cl)cccc1NC(=O)CN1C(=O)C(C)(C)Oc2ccc(Cl)cc21. The molecule has 1 aliphatic heterocycles. The molecule has 7 heteroatoms. The monoisotopic (exact) mass is 392 g/mol. The number of hydrogen-bond acceptors (Lipinski definition) is 3. The number of nitrogens with one attached hydrogen (secondary N) is 1. The fourth-order valence-corrected chi connectivity index (χ4v) is 3.11. The number of halogens is 2. The number of amides is 2. The summed E-state index contributed by atoms with van der Waals surface area (Å²) in [6.07, 6.45) is 0. The first-order chi connectivity index (χ1) is 12.2. The predicted molar refractivity (Wildman–Crippen MR) is 103 cm³/mol. The van der Waals surface area contributed by atoms with Crippen LogP contribution in [0, 0.1) is 6.92 Å². The van der Waals surface area contributed by atoms with Crippen molar-refractivity contribution in [3.63, 3.8) is 0 Å². The largest absolute Gasteiger partial charge is 0.476 e. The highest BCUT2D eigenvalue weighted by Gasteiger charge is 2.41. The van der Waals surface area contributed by atoms with Gasteiger partial charge in [-0.1, -0.05) is 29.3 Å². The molecule has 0 saturated heterocycles. The molecule has 0 aliphatic carbocycles. The van der Waals surface area contributed by atoms with Crippen LogP contribution in [0.1, 0.15) is 19.4 Å². The lowest BCUT2D eigenvalue weighted by Crippen LogP contribution is -2.54. The first-order valence-electron chi connectivity index (χ1n) is 8.04. The summed E-state index contributed by atoms with van der Waals surface area (Å²) in [5, 5.41) is 3.81. The summed E-state index contributed by atoms with van der Waals surface area (Å²) in [6.45, 7) is 4.98. The first kappa shape index (κ1) is 18.5. The van der Waals surface area contributed by atoms with Gasteiger partial charge in [-0.15, -0.1) is 0 Å². The molecule has 0 bridgehead atoms. The molecule has 0 atom stereocenters. The van der Waals surface area contributed by atoms with Gasteiger partial charge in [0.2, 0.25) is 5.91 Å². The molecule has 0 unspecified atom stereocenters. The van der Waals surface area contributed by atoms with Crippen molar-refractivity contribution in [3.05, 3.63) is 52.0 Å². The van der Waals surface area contributed by atoms with E-state index in [0.29, 0.717) is 27.2 Å². The third-order valence-corrected chi connectivity index (χ3v) is 4.83. The van der Waals surface area contributed by atoms with Crippen molar-refractivity contribution in [2.75, 3.05) is 16.8 Å². The Morgan fingerprint density at radius 1 is 1.23 bits per heavy atom. The highest BCUT2D eigenvalue weighted by Crippen LogP contribution is 2.39. The zero-order chi connectivity index (χ0) is 19.1. The summed E-state index contributed by atoms with van der Waals surface area (Å²) in [6, 6.07) is 10.2. The summed E-state index contributed by atoms with van der Waals surface area (Å²) in [5.74, 6) is -0.150. The van der Waals surface area contributed by atoms with Crippen molar-refractivity contribution in [2.45, 2.75) is 26.4 Å². The molecule has 2 aromatic rings. The van der Waals surface area contributed by atoms with Gasteiger partial charge in [-0.3, -0.25) is 14.5 Å². The van der Waals surface area contributed by atoms with E-state index in [4.69, 9.17) is 27.9 Å². The number of benzene rings is 2. The molecule has 3 rings (SSSR count). The van der Waals surface area contributed by atoms with Crippen LogP contribution >= 0.6 is 23.2 Å². The lowest BCUT2D eigenvalue weighted by molar-refractivity contribution is -0.133. The van der Waals surface area contributed by atoms with Crippen LogP contribution in [0.15, 0.2) is 36.4 Å². The lowest BCUT2D eigenvalue weighted by Gasteiger charge is -2.38. The van der Waals surface area contributed by atoms with E-state index in [1.54, 1.807) is 50.2 Å². The Balaban J connectivity index is 1.88. The molecule has 1 N–H and O–H groups in total. The van der Waals surface area contributed by atoms with Crippen molar-refractivity contribution in [2.24, 2.45) is 0 Å². The van der Waals surface area contributed by atoms with Gasteiger partial charge in [0.15, 0.2) is 5.60 Å². The average molecular weight is 393 g/mol. The van der Waals surface area contributed by atoms with E-state index >= 15 is 0 Å². The second-order valence-corrected chi connectivity index (χ2v) is 7.42. The van der Waals surface area contributed by atoms with Gasteiger partial charge >= 0.3 is 0 Å². The van der Waals surface area contributed by atoms with Crippen LogP contribution in [0.2, 0.25) is 10.0 Å². The minimum Gasteiger partial charge on any atom is -0.476 e. The van der Waals surface area contributed by atoms with Crippen molar-refractivity contribution in [1.29, 1.82) is 0 Å². The standard InChI is InChI=1S/C19H18Cl2N2O3/c1-11-13(21)5-4-6-14(11)22-17(24)10-23-15-9-12(20)7-8-16(15)26-19(2,3)18(23)25/h4-9H,10H2,1-3H3,(H,22,24). The van der Waals surface area contributed by atoms with E-state index in [1.165, 1.54) is 4.90 Å². The predicted octanol–water partition coefficient (Wildman–Crippen LogP) is 4.44. The lowest BCUT2D eigenvalue weighted by atomic mass is 10.0. The maximum absolute atomic E-state index is 12.8. The average Bonchev–Trinajstić information content (AvgIpc) is 2.57. The van der Waals surface area contributed by atoms with Crippen LogP contribution in [0.4, 0.5) is 11.4 Å². The fourth-order valence-electron chi connectivity index (χ4n) is 2.77. The molecule has 2 aromatic carbocycles. The Morgan fingerprint density at radius 3 is 2.69 bits per heavy atom. The summed E-state index contributed by atoms with van der Waals surface area (Å²) in [7, 11) is 0. The van der Waals surface area contributed by atoms with Crippen LogP contribution in [0.25, 0.3) is 0 Å². The molecule has 1 heterocycles. The van der Waals surface area contributed by atoms with E-state index in [0.717, 1.165) is 5.56 Å². The highest BCUT2D eigenvalue weighted by molar-refractivity contribution is 6.32. The highest BCUT2D eigenvalue weighted by atomic mass is 35.5. The maximum atomic E-state index is 12.8. The second-order valence-electron chi connectivity index (χ2n) is 6.58. The first-order valence-corrected chi connectivity index (χ1v) is 8.80. The Hall–Kier alpha value is -2.24. The van der Waals surface area contributed by atoms with Crippen molar-refractivity contribution < 1.29 is 14.3 Å². The summed E-state index contributed by atoms with van der Waals surface area (Å²) in [4.78, 5) is 26.7. The Bertz CT molecular complexity index is 896. The smallest absolute Gasteiger partial charge is 0.271 e. The molecule has 0 fully saturated rings. The minimum absolute atomic E-state index is 0.162. The Labute approximate surface area is 161 Å². The Kier molecular flexibility index (Phi) is 4.86. The molecule has 0 saturated carbocycles. The summed E-state index contributed by atoms with van der Waals surface area (Å²) >= 11 is 12.1. The molecule has 2 amide bonds. The molecule has 26 heavy (non-hydrogen) atoms. The van der Waals surface area contributed by atoms with E-state index in [9.17, 15) is 9.59 Å². The summed E-state index contributed by atoms with van der Waals surface area (Å²) in [5.41, 5.74) is 0.765. The number of fused-ring (bicyclic) bond motifs is 1. The van der Waals surface area contributed by atoms with Gasteiger partial charge in [0, 0.05) is 15.7 Å². The third-order valence-electron chi connectivity index (χ3n) is 4.18.